The highest BCUT2D eigenvalue weighted by molar-refractivity contribution is 9.11. The van der Waals surface area contributed by atoms with Gasteiger partial charge in [0.05, 0.1) is 16.3 Å². The Kier molecular flexibility index (Phi) is 7.24. The smallest absolute Gasteiger partial charge is 0.307 e. The van der Waals surface area contributed by atoms with Crippen LogP contribution in [0, 0.1) is 11.8 Å². The molecular formula is C16H18Br2N2O5. The summed E-state index contributed by atoms with van der Waals surface area (Å²) in [7, 11) is 0. The van der Waals surface area contributed by atoms with Crippen LogP contribution in [0.3, 0.4) is 0 Å². The maximum Gasteiger partial charge on any atom is 0.307 e. The summed E-state index contributed by atoms with van der Waals surface area (Å²) in [6, 6.07) is 5.25. The van der Waals surface area contributed by atoms with Crippen LogP contribution in [-0.2, 0) is 14.4 Å². The predicted molar refractivity (Wildman–Crippen MR) is 96.7 cm³/mol. The van der Waals surface area contributed by atoms with E-state index in [1.54, 1.807) is 18.2 Å². The molecule has 0 saturated heterocycles. The molecule has 136 valence electrons. The molecule has 3 N–H and O–H groups in total. The fraction of sp³-hybridized carbons (Fsp3) is 0.438. The number of ether oxygens (including phenoxy) is 1. The van der Waals surface area contributed by atoms with Gasteiger partial charge in [0.15, 0.2) is 6.61 Å². The maximum atomic E-state index is 12.1. The van der Waals surface area contributed by atoms with Crippen LogP contribution >= 0.6 is 31.9 Å². The SMILES string of the molecule is O=C(COc1ccc(Br)cc1Br)NNC(=O)[C@H]1CCCC[C@@H]1C(=O)O. The van der Waals surface area contributed by atoms with Gasteiger partial charge in [0.2, 0.25) is 5.91 Å². The van der Waals surface area contributed by atoms with Crippen LogP contribution in [-0.4, -0.2) is 29.5 Å². The van der Waals surface area contributed by atoms with Gasteiger partial charge in [-0.05, 0) is 47.0 Å². The topological polar surface area (TPSA) is 105 Å². The fourth-order valence-electron chi connectivity index (χ4n) is 2.74. The number of aliphatic carboxylic acids is 1. The summed E-state index contributed by atoms with van der Waals surface area (Å²) in [5.41, 5.74) is 4.56. The molecule has 1 aliphatic rings. The molecule has 0 aliphatic heterocycles. The minimum Gasteiger partial charge on any atom is -0.483 e. The van der Waals surface area contributed by atoms with Crippen molar-refractivity contribution in [2.45, 2.75) is 25.7 Å². The van der Waals surface area contributed by atoms with Gasteiger partial charge in [0.1, 0.15) is 5.75 Å². The number of hydrazine groups is 1. The van der Waals surface area contributed by atoms with Gasteiger partial charge in [0, 0.05) is 4.47 Å². The molecule has 25 heavy (non-hydrogen) atoms. The van der Waals surface area contributed by atoms with E-state index in [1.807, 2.05) is 0 Å². The van der Waals surface area contributed by atoms with Crippen LogP contribution in [0.25, 0.3) is 0 Å². The first-order valence-corrected chi connectivity index (χ1v) is 9.36. The first-order valence-electron chi connectivity index (χ1n) is 7.78. The van der Waals surface area contributed by atoms with Gasteiger partial charge >= 0.3 is 5.97 Å². The second-order valence-corrected chi connectivity index (χ2v) is 7.51. The van der Waals surface area contributed by atoms with Gasteiger partial charge < -0.3 is 9.84 Å². The van der Waals surface area contributed by atoms with E-state index in [2.05, 4.69) is 42.7 Å². The molecule has 1 aromatic carbocycles. The van der Waals surface area contributed by atoms with Crippen molar-refractivity contribution in [2.75, 3.05) is 6.61 Å². The van der Waals surface area contributed by atoms with Crippen molar-refractivity contribution in [3.05, 3.63) is 27.1 Å². The molecule has 1 saturated carbocycles. The van der Waals surface area contributed by atoms with E-state index in [0.717, 1.165) is 17.3 Å². The third-order valence-electron chi connectivity index (χ3n) is 4.00. The van der Waals surface area contributed by atoms with Gasteiger partial charge in [-0.15, -0.1) is 0 Å². The van der Waals surface area contributed by atoms with E-state index in [9.17, 15) is 19.5 Å². The monoisotopic (exact) mass is 476 g/mol. The molecule has 1 aromatic rings. The molecule has 0 radical (unpaired) electrons. The van der Waals surface area contributed by atoms with Crippen molar-refractivity contribution in [3.63, 3.8) is 0 Å². The average molecular weight is 478 g/mol. The van der Waals surface area contributed by atoms with Crippen molar-refractivity contribution < 1.29 is 24.2 Å². The summed E-state index contributed by atoms with van der Waals surface area (Å²) in [6.45, 7) is -0.284. The summed E-state index contributed by atoms with van der Waals surface area (Å²) < 4.78 is 6.92. The van der Waals surface area contributed by atoms with Gasteiger partial charge in [-0.2, -0.15) is 0 Å². The molecule has 2 amide bonds. The van der Waals surface area contributed by atoms with E-state index >= 15 is 0 Å². The number of nitrogens with one attached hydrogen (secondary N) is 2. The summed E-state index contributed by atoms with van der Waals surface area (Å²) in [4.78, 5) is 35.2. The number of amides is 2. The second-order valence-electron chi connectivity index (χ2n) is 5.74. The Morgan fingerprint density at radius 2 is 1.80 bits per heavy atom. The van der Waals surface area contributed by atoms with Gasteiger partial charge in [-0.3, -0.25) is 25.2 Å². The Morgan fingerprint density at radius 1 is 1.12 bits per heavy atom. The van der Waals surface area contributed by atoms with Crippen LogP contribution in [0.1, 0.15) is 25.7 Å². The number of carbonyl (C=O) groups is 3. The zero-order valence-corrected chi connectivity index (χ0v) is 16.4. The lowest BCUT2D eigenvalue weighted by molar-refractivity contribution is -0.149. The molecule has 0 unspecified atom stereocenters. The highest BCUT2D eigenvalue weighted by Crippen LogP contribution is 2.30. The number of hydrogen-bond donors (Lipinski definition) is 3. The lowest BCUT2D eigenvalue weighted by atomic mass is 9.79. The van der Waals surface area contributed by atoms with E-state index in [-0.39, 0.29) is 6.61 Å². The van der Waals surface area contributed by atoms with Crippen LogP contribution in [0.2, 0.25) is 0 Å². The molecule has 2 atom stereocenters. The molecule has 1 fully saturated rings. The average Bonchev–Trinajstić information content (AvgIpc) is 2.58. The summed E-state index contributed by atoms with van der Waals surface area (Å²) in [5.74, 6) is -2.85. The zero-order chi connectivity index (χ0) is 18.4. The third kappa shape index (κ3) is 5.71. The highest BCUT2D eigenvalue weighted by Gasteiger charge is 2.35. The molecule has 7 nitrogen and oxygen atoms in total. The first kappa shape index (κ1) is 19.7. The highest BCUT2D eigenvalue weighted by atomic mass is 79.9. The summed E-state index contributed by atoms with van der Waals surface area (Å²) >= 11 is 6.64. The third-order valence-corrected chi connectivity index (χ3v) is 5.11. The zero-order valence-electron chi connectivity index (χ0n) is 13.3. The fourth-order valence-corrected chi connectivity index (χ4v) is 3.90. The van der Waals surface area contributed by atoms with Crippen molar-refractivity contribution >= 4 is 49.6 Å². The largest absolute Gasteiger partial charge is 0.483 e. The van der Waals surface area contributed by atoms with Crippen molar-refractivity contribution in [2.24, 2.45) is 11.8 Å². The maximum absolute atomic E-state index is 12.1. The number of rotatable bonds is 5. The minimum absolute atomic E-state index is 0.284. The molecule has 9 heteroatoms. The van der Waals surface area contributed by atoms with Crippen LogP contribution in [0.4, 0.5) is 0 Å². The molecule has 0 aromatic heterocycles. The quantitative estimate of drug-likeness (QED) is 0.565. The van der Waals surface area contributed by atoms with Crippen LogP contribution < -0.4 is 15.6 Å². The Morgan fingerprint density at radius 3 is 2.44 bits per heavy atom. The van der Waals surface area contributed by atoms with Crippen LogP contribution in [0.15, 0.2) is 27.1 Å². The summed E-state index contributed by atoms with van der Waals surface area (Å²) in [6.07, 6.45) is 2.57. The van der Waals surface area contributed by atoms with Crippen molar-refractivity contribution in [3.8, 4) is 5.75 Å². The minimum atomic E-state index is -0.977. The number of carbonyl (C=O) groups excluding carboxylic acids is 2. The number of carboxylic acids is 1. The first-order chi connectivity index (χ1) is 11.9. The van der Waals surface area contributed by atoms with Gasteiger partial charge in [-0.25, -0.2) is 0 Å². The molecule has 2 rings (SSSR count). The lowest BCUT2D eigenvalue weighted by Crippen LogP contribution is -2.49. The van der Waals surface area contributed by atoms with E-state index < -0.39 is 29.6 Å². The number of hydrogen-bond acceptors (Lipinski definition) is 4. The van der Waals surface area contributed by atoms with Gasteiger partial charge in [0.25, 0.3) is 5.91 Å². The predicted octanol–water partition coefficient (Wildman–Crippen LogP) is 2.63. The molecule has 1 aliphatic carbocycles. The Balaban J connectivity index is 1.80. The van der Waals surface area contributed by atoms with Crippen molar-refractivity contribution in [1.82, 2.24) is 10.9 Å². The second kappa shape index (κ2) is 9.19. The molecular weight excluding hydrogens is 460 g/mol. The van der Waals surface area contributed by atoms with Crippen LogP contribution in [0.5, 0.6) is 5.75 Å². The van der Waals surface area contributed by atoms with E-state index in [0.29, 0.717) is 23.1 Å². The molecule has 0 heterocycles. The van der Waals surface area contributed by atoms with E-state index in [1.165, 1.54) is 0 Å². The Bertz CT molecular complexity index is 668. The van der Waals surface area contributed by atoms with Gasteiger partial charge in [-0.1, -0.05) is 28.8 Å². The Hall–Kier alpha value is -1.61. The normalized spacial score (nSPS) is 19.8. The number of benzene rings is 1. The lowest BCUT2D eigenvalue weighted by Gasteiger charge is -2.27. The standard InChI is InChI=1S/C16H18Br2N2O5/c17-9-5-6-13(12(18)7-9)25-8-14(21)19-20-15(22)10-3-1-2-4-11(10)16(23)24/h5-7,10-11H,1-4,8H2,(H,19,21)(H,20,22)(H,23,24)/t10-,11-/m0/s1. The molecule has 0 bridgehead atoms. The number of halogens is 2. The van der Waals surface area contributed by atoms with E-state index in [4.69, 9.17) is 4.74 Å². The molecule has 0 spiro atoms. The Labute approximate surface area is 161 Å². The van der Waals surface area contributed by atoms with Crippen molar-refractivity contribution in [1.29, 1.82) is 0 Å². The number of carboxylic acid groups (broad SMARTS) is 1. The summed E-state index contributed by atoms with van der Waals surface area (Å²) in [5, 5.41) is 9.20.